The average Bonchev–Trinajstić information content (AvgIpc) is 3.33. The molecule has 0 unspecified atom stereocenters. The maximum absolute atomic E-state index is 13.3. The van der Waals surface area contributed by atoms with Gasteiger partial charge in [-0.25, -0.2) is 13.2 Å². The lowest BCUT2D eigenvalue weighted by molar-refractivity contribution is -0.147. The first-order chi connectivity index (χ1) is 15.4. The van der Waals surface area contributed by atoms with Crippen LogP contribution < -0.4 is 10.5 Å². The van der Waals surface area contributed by atoms with Gasteiger partial charge in [0.05, 0.1) is 12.0 Å². The van der Waals surface area contributed by atoms with Gasteiger partial charge in [0, 0.05) is 12.1 Å². The fourth-order valence-electron chi connectivity index (χ4n) is 3.72. The number of hydrogen-bond donors (Lipinski definition) is 1. The van der Waals surface area contributed by atoms with E-state index in [1.54, 1.807) is 42.5 Å². The summed E-state index contributed by atoms with van der Waals surface area (Å²) in [6.07, 6.45) is 0.891. The summed E-state index contributed by atoms with van der Waals surface area (Å²) in [7, 11) is -2.36. The van der Waals surface area contributed by atoms with Gasteiger partial charge >= 0.3 is 5.97 Å². The van der Waals surface area contributed by atoms with E-state index in [0.717, 1.165) is 10.8 Å². The zero-order valence-electron chi connectivity index (χ0n) is 17.5. The lowest BCUT2D eigenvalue weighted by atomic mass is 10.1. The second-order valence-corrected chi connectivity index (χ2v) is 9.29. The number of benzene rings is 3. The molecule has 0 aromatic heterocycles. The largest absolute Gasteiger partial charge is 0.497 e. The molecule has 1 aliphatic rings. The fraction of sp³-hybridized carbons (Fsp3) is 0.217. The van der Waals surface area contributed by atoms with Gasteiger partial charge in [0.15, 0.2) is 5.84 Å². The molecule has 0 bridgehead atoms. The quantitative estimate of drug-likeness (QED) is 0.266. The topological polar surface area (TPSA) is 111 Å². The van der Waals surface area contributed by atoms with Crippen LogP contribution in [0.1, 0.15) is 18.4 Å². The Morgan fingerprint density at radius 1 is 1.06 bits per heavy atom. The van der Waals surface area contributed by atoms with Crippen LogP contribution in [-0.4, -0.2) is 44.2 Å². The van der Waals surface area contributed by atoms with Crippen LogP contribution in [0, 0.1) is 0 Å². The van der Waals surface area contributed by atoms with E-state index in [-0.39, 0.29) is 17.3 Å². The van der Waals surface area contributed by atoms with Crippen molar-refractivity contribution in [1.29, 1.82) is 0 Å². The summed E-state index contributed by atoms with van der Waals surface area (Å²) in [6.45, 7) is 0.226. The molecule has 1 atom stereocenters. The molecular weight excluding hydrogens is 430 g/mol. The molecular formula is C23H23N3O5S. The van der Waals surface area contributed by atoms with Gasteiger partial charge in [-0.2, -0.15) is 4.31 Å². The first-order valence-electron chi connectivity index (χ1n) is 10.1. The molecule has 2 N–H and O–H groups in total. The molecule has 0 aliphatic carbocycles. The zero-order chi connectivity index (χ0) is 22.7. The third-order valence-electron chi connectivity index (χ3n) is 5.40. The second-order valence-electron chi connectivity index (χ2n) is 7.40. The maximum Gasteiger partial charge on any atom is 0.353 e. The van der Waals surface area contributed by atoms with Gasteiger partial charge in [-0.15, -0.1) is 0 Å². The number of nitrogens with two attached hydrogens (primary N) is 1. The number of amidine groups is 1. The number of methoxy groups -OCH3 is 1. The monoisotopic (exact) mass is 453 g/mol. The van der Waals surface area contributed by atoms with E-state index < -0.39 is 22.0 Å². The van der Waals surface area contributed by atoms with E-state index in [9.17, 15) is 13.2 Å². The Morgan fingerprint density at radius 3 is 2.62 bits per heavy atom. The number of carbonyl (C=O) groups excluding carboxylic acids is 1. The Balaban J connectivity index is 1.53. The van der Waals surface area contributed by atoms with Crippen molar-refractivity contribution in [2.24, 2.45) is 10.9 Å². The Hall–Kier alpha value is -3.43. The molecule has 3 aromatic rings. The van der Waals surface area contributed by atoms with Gasteiger partial charge in [0.25, 0.3) is 0 Å². The molecule has 1 saturated heterocycles. The number of fused-ring (bicyclic) bond motifs is 1. The Bertz CT molecular complexity index is 1290. The SMILES string of the molecule is COc1cccc(/C(N)=N/OC(=O)[C@@H]2CCCN2S(=O)(=O)c2ccc3ccccc3c2)c1. The molecule has 0 radical (unpaired) electrons. The predicted octanol–water partition coefficient (Wildman–Crippen LogP) is 2.87. The molecule has 4 rings (SSSR count). The first kappa shape index (κ1) is 21.8. The smallest absolute Gasteiger partial charge is 0.353 e. The van der Waals surface area contributed by atoms with Crippen molar-refractivity contribution in [1.82, 2.24) is 4.31 Å². The van der Waals surface area contributed by atoms with Crippen molar-refractivity contribution in [2.75, 3.05) is 13.7 Å². The Labute approximate surface area is 186 Å². The van der Waals surface area contributed by atoms with Crippen LogP contribution in [0.3, 0.4) is 0 Å². The highest BCUT2D eigenvalue weighted by Gasteiger charge is 2.40. The lowest BCUT2D eigenvalue weighted by Crippen LogP contribution is -2.41. The van der Waals surface area contributed by atoms with Crippen LogP contribution in [0.4, 0.5) is 0 Å². The fourth-order valence-corrected chi connectivity index (χ4v) is 5.40. The number of nitrogens with zero attached hydrogens (tertiary/aromatic N) is 2. The Kier molecular flexibility index (Phi) is 6.11. The number of rotatable bonds is 6. The molecule has 1 heterocycles. The standard InChI is InChI=1S/C23H23N3O5S/c1-30-19-9-4-8-18(14-19)22(24)25-31-23(27)21-10-5-13-26(21)32(28,29)20-12-11-16-6-2-3-7-17(16)15-20/h2-4,6-9,11-12,14-15,21H,5,10,13H2,1H3,(H2,24,25)/t21-/m0/s1. The normalized spacial score (nSPS) is 17.4. The Morgan fingerprint density at radius 2 is 1.84 bits per heavy atom. The highest BCUT2D eigenvalue weighted by molar-refractivity contribution is 7.89. The number of oxime groups is 1. The molecule has 8 nitrogen and oxygen atoms in total. The van der Waals surface area contributed by atoms with Gasteiger partial charge in [-0.05, 0) is 47.9 Å². The van der Waals surface area contributed by atoms with Crippen LogP contribution in [0.15, 0.2) is 76.8 Å². The summed E-state index contributed by atoms with van der Waals surface area (Å²) in [4.78, 5) is 17.8. The van der Waals surface area contributed by atoms with Gasteiger partial charge in [-0.3, -0.25) is 0 Å². The number of sulfonamides is 1. The summed E-state index contributed by atoms with van der Waals surface area (Å²) in [6, 6.07) is 18.3. The molecule has 166 valence electrons. The minimum atomic E-state index is -3.89. The molecule has 0 amide bonds. The van der Waals surface area contributed by atoms with Crippen molar-refractivity contribution in [3.05, 3.63) is 72.3 Å². The van der Waals surface area contributed by atoms with Crippen LogP contribution in [0.5, 0.6) is 5.75 Å². The van der Waals surface area contributed by atoms with E-state index in [0.29, 0.717) is 24.2 Å². The maximum atomic E-state index is 13.3. The van der Waals surface area contributed by atoms with Crippen LogP contribution in [0.25, 0.3) is 10.8 Å². The second kappa shape index (κ2) is 8.97. The first-order valence-corrected chi connectivity index (χ1v) is 11.5. The number of carbonyl (C=O) groups is 1. The molecule has 32 heavy (non-hydrogen) atoms. The van der Waals surface area contributed by atoms with Crippen molar-refractivity contribution in [2.45, 2.75) is 23.8 Å². The summed E-state index contributed by atoms with van der Waals surface area (Å²) < 4.78 is 32.9. The van der Waals surface area contributed by atoms with Crippen molar-refractivity contribution >= 4 is 32.6 Å². The minimum Gasteiger partial charge on any atom is -0.497 e. The van der Waals surface area contributed by atoms with Gasteiger partial charge < -0.3 is 15.3 Å². The van der Waals surface area contributed by atoms with E-state index in [1.807, 2.05) is 24.3 Å². The molecule has 1 fully saturated rings. The van der Waals surface area contributed by atoms with Crippen LogP contribution in [0.2, 0.25) is 0 Å². The van der Waals surface area contributed by atoms with E-state index in [2.05, 4.69) is 5.16 Å². The van der Waals surface area contributed by atoms with Crippen molar-refractivity contribution in [3.8, 4) is 5.75 Å². The third kappa shape index (κ3) is 4.30. The van der Waals surface area contributed by atoms with Gasteiger partial charge in [-0.1, -0.05) is 47.6 Å². The average molecular weight is 454 g/mol. The van der Waals surface area contributed by atoms with Crippen molar-refractivity contribution in [3.63, 3.8) is 0 Å². The van der Waals surface area contributed by atoms with Crippen LogP contribution in [-0.2, 0) is 19.7 Å². The minimum absolute atomic E-state index is 0.0146. The highest BCUT2D eigenvalue weighted by atomic mass is 32.2. The molecule has 9 heteroatoms. The molecule has 1 aliphatic heterocycles. The van der Waals surface area contributed by atoms with E-state index >= 15 is 0 Å². The van der Waals surface area contributed by atoms with E-state index in [1.165, 1.54) is 11.4 Å². The van der Waals surface area contributed by atoms with Gasteiger partial charge in [0.2, 0.25) is 10.0 Å². The molecule has 0 spiro atoms. The molecule has 0 saturated carbocycles. The predicted molar refractivity (Wildman–Crippen MR) is 121 cm³/mol. The van der Waals surface area contributed by atoms with Gasteiger partial charge in [0.1, 0.15) is 11.8 Å². The summed E-state index contributed by atoms with van der Waals surface area (Å²) in [5.41, 5.74) is 6.43. The molecule has 3 aromatic carbocycles. The van der Waals surface area contributed by atoms with E-state index in [4.69, 9.17) is 15.3 Å². The van der Waals surface area contributed by atoms with Crippen LogP contribution >= 0.6 is 0 Å². The lowest BCUT2D eigenvalue weighted by Gasteiger charge is -2.22. The summed E-state index contributed by atoms with van der Waals surface area (Å²) in [5, 5.41) is 5.46. The summed E-state index contributed by atoms with van der Waals surface area (Å²) in [5.74, 6) is -0.202. The highest BCUT2D eigenvalue weighted by Crippen LogP contribution is 2.29. The number of hydrogen-bond acceptors (Lipinski definition) is 6. The zero-order valence-corrected chi connectivity index (χ0v) is 18.3. The number of ether oxygens (including phenoxy) is 1. The third-order valence-corrected chi connectivity index (χ3v) is 7.31. The van der Waals surface area contributed by atoms with Crippen molar-refractivity contribution < 1.29 is 22.8 Å². The summed E-state index contributed by atoms with van der Waals surface area (Å²) >= 11 is 0.